The molecule has 0 aliphatic rings. The molecule has 0 atom stereocenters. The van der Waals surface area contributed by atoms with Crippen molar-refractivity contribution in [3.63, 3.8) is 0 Å². The number of imidazole rings is 1. The summed E-state index contributed by atoms with van der Waals surface area (Å²) in [5, 5.41) is 6.66. The molecule has 0 amide bonds. The Kier molecular flexibility index (Phi) is 5.45. The Balaban J connectivity index is 1.41. The van der Waals surface area contributed by atoms with Gasteiger partial charge in [-0.2, -0.15) is 0 Å². The van der Waals surface area contributed by atoms with E-state index in [-0.39, 0.29) is 0 Å². The molecule has 3 rings (SSSR count). The van der Waals surface area contributed by atoms with Crippen LogP contribution in [0.4, 0.5) is 0 Å². The van der Waals surface area contributed by atoms with Gasteiger partial charge < -0.3 is 15.6 Å². The highest BCUT2D eigenvalue weighted by Gasteiger charge is 2.02. The third-order valence-corrected chi connectivity index (χ3v) is 3.85. The molecule has 0 fully saturated rings. The van der Waals surface area contributed by atoms with Crippen LogP contribution in [0.1, 0.15) is 17.8 Å². The largest absolute Gasteiger partial charge is 0.356 e. The van der Waals surface area contributed by atoms with Gasteiger partial charge in [0.15, 0.2) is 5.96 Å². The lowest BCUT2D eigenvalue weighted by Crippen LogP contribution is -2.37. The van der Waals surface area contributed by atoms with Crippen molar-refractivity contribution in [3.05, 3.63) is 66.0 Å². The highest BCUT2D eigenvalue weighted by atomic mass is 15.2. The number of nitrogens with one attached hydrogen (secondary N) is 3. The molecule has 3 N–H and O–H groups in total. The number of fused-ring (bicyclic) bond motifs is 1. The van der Waals surface area contributed by atoms with Gasteiger partial charge in [0, 0.05) is 26.6 Å². The number of aliphatic imine (C=N–C) groups is 1. The van der Waals surface area contributed by atoms with Crippen molar-refractivity contribution in [2.75, 3.05) is 13.6 Å². The van der Waals surface area contributed by atoms with Gasteiger partial charge in [0.05, 0.1) is 11.0 Å². The molecule has 0 saturated carbocycles. The summed E-state index contributed by atoms with van der Waals surface area (Å²) in [6.07, 6.45) is 1.91. The van der Waals surface area contributed by atoms with Crippen LogP contribution in [0, 0.1) is 0 Å². The summed E-state index contributed by atoms with van der Waals surface area (Å²) in [5.41, 5.74) is 3.37. The van der Waals surface area contributed by atoms with E-state index in [1.807, 2.05) is 36.4 Å². The van der Waals surface area contributed by atoms with Gasteiger partial charge in [-0.05, 0) is 24.1 Å². The summed E-state index contributed by atoms with van der Waals surface area (Å²) in [5.74, 6) is 1.86. The van der Waals surface area contributed by atoms with Crippen molar-refractivity contribution >= 4 is 17.0 Å². The molecule has 1 aromatic heterocycles. The predicted molar refractivity (Wildman–Crippen MR) is 99.1 cm³/mol. The van der Waals surface area contributed by atoms with Crippen LogP contribution in [-0.4, -0.2) is 29.5 Å². The molecule has 24 heavy (non-hydrogen) atoms. The molecule has 0 radical (unpaired) electrons. The van der Waals surface area contributed by atoms with Crippen molar-refractivity contribution < 1.29 is 0 Å². The molecule has 0 unspecified atom stereocenters. The summed E-state index contributed by atoms with van der Waals surface area (Å²) in [6.45, 7) is 1.62. The minimum absolute atomic E-state index is 0.768. The first-order chi connectivity index (χ1) is 11.8. The molecular weight excluding hydrogens is 298 g/mol. The third kappa shape index (κ3) is 4.35. The predicted octanol–water partition coefficient (Wildman–Crippen LogP) is 2.86. The number of nitrogens with zero attached hydrogens (tertiary/aromatic N) is 2. The maximum atomic E-state index is 4.60. The van der Waals surface area contributed by atoms with Gasteiger partial charge in [-0.15, -0.1) is 0 Å². The number of para-hydroxylation sites is 2. The monoisotopic (exact) mass is 321 g/mol. The standard InChI is InChI=1S/C19H23N5/c1-20-19(22-14-15-8-3-2-4-9-15)21-13-7-12-18-23-16-10-5-6-11-17(16)24-18/h2-6,8-11H,7,12-14H2,1H3,(H,23,24)(H2,20,21,22). The van der Waals surface area contributed by atoms with E-state index in [1.165, 1.54) is 5.56 Å². The van der Waals surface area contributed by atoms with E-state index in [0.29, 0.717) is 0 Å². The maximum absolute atomic E-state index is 4.60. The Morgan fingerprint density at radius 1 is 1.04 bits per heavy atom. The number of aromatic nitrogens is 2. The number of H-pyrrole nitrogens is 1. The van der Waals surface area contributed by atoms with Crippen LogP contribution in [0.15, 0.2) is 59.6 Å². The second kappa shape index (κ2) is 8.15. The average Bonchev–Trinajstić information content (AvgIpc) is 3.05. The molecule has 0 aliphatic heterocycles. The first-order valence-corrected chi connectivity index (χ1v) is 8.27. The molecule has 0 bridgehead atoms. The number of hydrogen-bond donors (Lipinski definition) is 3. The lowest BCUT2D eigenvalue weighted by Gasteiger charge is -2.11. The topological polar surface area (TPSA) is 65.1 Å². The van der Waals surface area contributed by atoms with Gasteiger partial charge in [-0.1, -0.05) is 42.5 Å². The van der Waals surface area contributed by atoms with Crippen LogP contribution < -0.4 is 10.6 Å². The minimum atomic E-state index is 0.768. The zero-order valence-corrected chi connectivity index (χ0v) is 13.9. The maximum Gasteiger partial charge on any atom is 0.191 e. The number of rotatable bonds is 6. The van der Waals surface area contributed by atoms with Gasteiger partial charge in [0.1, 0.15) is 5.82 Å². The van der Waals surface area contributed by atoms with E-state index in [1.54, 1.807) is 7.05 Å². The van der Waals surface area contributed by atoms with Gasteiger partial charge in [-0.25, -0.2) is 4.98 Å². The van der Waals surface area contributed by atoms with Crippen LogP contribution in [-0.2, 0) is 13.0 Å². The zero-order chi connectivity index (χ0) is 16.6. The third-order valence-electron chi connectivity index (χ3n) is 3.85. The van der Waals surface area contributed by atoms with Crippen molar-refractivity contribution in [2.45, 2.75) is 19.4 Å². The molecule has 0 saturated heterocycles. The second-order valence-electron chi connectivity index (χ2n) is 5.64. The smallest absolute Gasteiger partial charge is 0.191 e. The van der Waals surface area contributed by atoms with E-state index in [4.69, 9.17) is 0 Å². The Bertz CT molecular complexity index is 759. The summed E-state index contributed by atoms with van der Waals surface area (Å²) >= 11 is 0. The van der Waals surface area contributed by atoms with Crippen LogP contribution >= 0.6 is 0 Å². The van der Waals surface area contributed by atoms with Gasteiger partial charge in [0.2, 0.25) is 0 Å². The van der Waals surface area contributed by atoms with Crippen LogP contribution in [0.3, 0.4) is 0 Å². The number of benzene rings is 2. The van der Waals surface area contributed by atoms with E-state index in [9.17, 15) is 0 Å². The van der Waals surface area contributed by atoms with Crippen molar-refractivity contribution in [1.29, 1.82) is 0 Å². The summed E-state index contributed by atoms with van der Waals surface area (Å²) in [4.78, 5) is 12.2. The number of hydrogen-bond acceptors (Lipinski definition) is 2. The van der Waals surface area contributed by atoms with Gasteiger partial charge in [-0.3, -0.25) is 4.99 Å². The van der Waals surface area contributed by atoms with Gasteiger partial charge in [0.25, 0.3) is 0 Å². The molecule has 124 valence electrons. The van der Waals surface area contributed by atoms with E-state index in [2.05, 4.69) is 43.8 Å². The molecule has 3 aromatic rings. The molecule has 5 nitrogen and oxygen atoms in total. The molecule has 1 heterocycles. The Morgan fingerprint density at radius 2 is 1.83 bits per heavy atom. The number of guanidine groups is 1. The fourth-order valence-electron chi connectivity index (χ4n) is 2.59. The van der Waals surface area contributed by atoms with Crippen molar-refractivity contribution in [2.24, 2.45) is 4.99 Å². The van der Waals surface area contributed by atoms with Crippen LogP contribution in [0.25, 0.3) is 11.0 Å². The first kappa shape index (κ1) is 16.1. The van der Waals surface area contributed by atoms with Crippen molar-refractivity contribution in [3.8, 4) is 0 Å². The summed E-state index contributed by atoms with van der Waals surface area (Å²) in [7, 11) is 1.79. The fourth-order valence-corrected chi connectivity index (χ4v) is 2.59. The molecule has 2 aromatic carbocycles. The Morgan fingerprint density at radius 3 is 2.62 bits per heavy atom. The highest BCUT2D eigenvalue weighted by molar-refractivity contribution is 5.79. The van der Waals surface area contributed by atoms with E-state index < -0.39 is 0 Å². The summed E-state index contributed by atoms with van der Waals surface area (Å²) < 4.78 is 0. The second-order valence-corrected chi connectivity index (χ2v) is 5.64. The normalized spacial score (nSPS) is 11.6. The highest BCUT2D eigenvalue weighted by Crippen LogP contribution is 2.11. The average molecular weight is 321 g/mol. The Labute approximate surface area is 142 Å². The SMILES string of the molecule is CN=C(NCCCc1nc2ccccc2[nH]1)NCc1ccccc1. The zero-order valence-electron chi connectivity index (χ0n) is 13.9. The van der Waals surface area contributed by atoms with E-state index >= 15 is 0 Å². The van der Waals surface area contributed by atoms with Crippen LogP contribution in [0.2, 0.25) is 0 Å². The van der Waals surface area contributed by atoms with Crippen molar-refractivity contribution in [1.82, 2.24) is 20.6 Å². The lowest BCUT2D eigenvalue weighted by atomic mass is 10.2. The van der Waals surface area contributed by atoms with Gasteiger partial charge >= 0.3 is 0 Å². The quantitative estimate of drug-likeness (QED) is 0.371. The fraction of sp³-hybridized carbons (Fsp3) is 0.263. The van der Waals surface area contributed by atoms with E-state index in [0.717, 1.165) is 48.7 Å². The minimum Gasteiger partial charge on any atom is -0.356 e. The Hall–Kier alpha value is -2.82. The number of aryl methyl sites for hydroxylation is 1. The lowest BCUT2D eigenvalue weighted by molar-refractivity contribution is 0.726. The molecule has 0 spiro atoms. The van der Waals surface area contributed by atoms with Crippen LogP contribution in [0.5, 0.6) is 0 Å². The summed E-state index contributed by atoms with van der Waals surface area (Å²) in [6, 6.07) is 18.4. The first-order valence-electron chi connectivity index (χ1n) is 8.27. The molecular formula is C19H23N5. The molecule has 5 heteroatoms. The number of aromatic amines is 1. The molecule has 0 aliphatic carbocycles.